The number of nitrogens with zero attached hydrogens (tertiary/aromatic N) is 2. The minimum Gasteiger partial charge on any atom is -0.493 e. The number of methoxy groups -OCH3 is 2. The van der Waals surface area contributed by atoms with Gasteiger partial charge in [-0.1, -0.05) is 35.0 Å². The second-order valence-electron chi connectivity index (χ2n) is 6.48. The second kappa shape index (κ2) is 8.38. The van der Waals surface area contributed by atoms with Crippen LogP contribution in [0.25, 0.3) is 22.2 Å². The molecule has 0 saturated heterocycles. The second-order valence-corrected chi connectivity index (χ2v) is 7.39. The summed E-state index contributed by atoms with van der Waals surface area (Å²) in [6, 6.07) is 14.7. The average Bonchev–Trinajstić information content (AvgIpc) is 3.43. The Hall–Kier alpha value is -3.65. The van der Waals surface area contributed by atoms with Crippen LogP contribution >= 0.6 is 11.3 Å². The maximum absolute atomic E-state index is 12.8. The van der Waals surface area contributed by atoms with Gasteiger partial charge in [-0.25, -0.2) is 0 Å². The molecule has 0 unspecified atom stereocenters. The zero-order valence-corrected chi connectivity index (χ0v) is 17.4. The van der Waals surface area contributed by atoms with Crippen molar-refractivity contribution in [1.29, 1.82) is 0 Å². The van der Waals surface area contributed by atoms with E-state index in [1.165, 1.54) is 18.4 Å². The molecule has 0 fully saturated rings. The van der Waals surface area contributed by atoms with Crippen LogP contribution in [0.3, 0.4) is 0 Å². The van der Waals surface area contributed by atoms with E-state index in [1.807, 2.05) is 36.6 Å². The first-order valence-corrected chi connectivity index (χ1v) is 9.99. The Morgan fingerprint density at radius 2 is 1.80 bits per heavy atom. The fourth-order valence-corrected chi connectivity index (χ4v) is 3.65. The Labute approximate surface area is 177 Å². The number of carbonyl (C=O) groups is 1. The summed E-state index contributed by atoms with van der Waals surface area (Å²) < 4.78 is 15.9. The molecule has 30 heavy (non-hydrogen) atoms. The van der Waals surface area contributed by atoms with E-state index in [1.54, 1.807) is 31.4 Å². The molecule has 152 valence electrons. The van der Waals surface area contributed by atoms with Gasteiger partial charge in [-0.2, -0.15) is 4.98 Å². The molecule has 0 radical (unpaired) electrons. The maximum atomic E-state index is 12.8. The molecule has 0 saturated carbocycles. The normalized spacial score (nSPS) is 10.6. The highest BCUT2D eigenvalue weighted by Crippen LogP contribution is 2.34. The highest BCUT2D eigenvalue weighted by atomic mass is 32.1. The lowest BCUT2D eigenvalue weighted by molar-refractivity contribution is 0.102. The van der Waals surface area contributed by atoms with Gasteiger partial charge in [0.25, 0.3) is 11.8 Å². The Bertz CT molecular complexity index is 1180. The molecule has 0 aliphatic rings. The molecule has 7 nitrogen and oxygen atoms in total. The number of rotatable bonds is 6. The van der Waals surface area contributed by atoms with E-state index in [0.717, 1.165) is 11.1 Å². The SMILES string of the molecule is COc1ccc(C(=O)Nc2ccsc2-c2nc(-c3ccc(C)cc3)no2)cc1OC. The average molecular weight is 421 g/mol. The van der Waals surface area contributed by atoms with E-state index in [4.69, 9.17) is 14.0 Å². The molecule has 4 aromatic rings. The van der Waals surface area contributed by atoms with Gasteiger partial charge in [0.2, 0.25) is 5.82 Å². The van der Waals surface area contributed by atoms with Crippen molar-refractivity contribution in [2.45, 2.75) is 6.92 Å². The van der Waals surface area contributed by atoms with Gasteiger partial charge in [0.05, 0.1) is 19.9 Å². The largest absolute Gasteiger partial charge is 0.493 e. The minimum atomic E-state index is -0.283. The van der Waals surface area contributed by atoms with Crippen LogP contribution in [0.2, 0.25) is 0 Å². The summed E-state index contributed by atoms with van der Waals surface area (Å²) in [5.74, 6) is 1.60. The van der Waals surface area contributed by atoms with Crippen LogP contribution < -0.4 is 14.8 Å². The topological polar surface area (TPSA) is 86.5 Å². The minimum absolute atomic E-state index is 0.283. The van der Waals surface area contributed by atoms with Gasteiger partial charge in [-0.05, 0) is 36.6 Å². The zero-order valence-electron chi connectivity index (χ0n) is 16.6. The number of nitrogens with one attached hydrogen (secondary N) is 1. The predicted molar refractivity (Wildman–Crippen MR) is 115 cm³/mol. The molecule has 1 N–H and O–H groups in total. The highest BCUT2D eigenvalue weighted by molar-refractivity contribution is 7.14. The number of hydrogen-bond acceptors (Lipinski definition) is 7. The van der Waals surface area contributed by atoms with Crippen LogP contribution in [0.5, 0.6) is 11.5 Å². The number of hydrogen-bond donors (Lipinski definition) is 1. The number of ether oxygens (including phenoxy) is 2. The molecule has 0 aliphatic heterocycles. The molecule has 2 aromatic carbocycles. The summed E-state index contributed by atoms with van der Waals surface area (Å²) in [5, 5.41) is 8.82. The molecule has 0 bridgehead atoms. The van der Waals surface area contributed by atoms with E-state index >= 15 is 0 Å². The molecular formula is C22H19N3O4S. The van der Waals surface area contributed by atoms with Gasteiger partial charge < -0.3 is 19.3 Å². The molecule has 2 aromatic heterocycles. The Morgan fingerprint density at radius 1 is 1.03 bits per heavy atom. The lowest BCUT2D eigenvalue weighted by Crippen LogP contribution is -2.12. The smallest absolute Gasteiger partial charge is 0.270 e. The number of aromatic nitrogens is 2. The quantitative estimate of drug-likeness (QED) is 0.469. The van der Waals surface area contributed by atoms with E-state index in [2.05, 4.69) is 15.5 Å². The molecule has 4 rings (SSSR count). The summed E-state index contributed by atoms with van der Waals surface area (Å²) in [7, 11) is 3.07. The molecule has 0 atom stereocenters. The van der Waals surface area contributed by atoms with Gasteiger partial charge in [0, 0.05) is 11.1 Å². The van der Waals surface area contributed by atoms with E-state index in [0.29, 0.717) is 39.3 Å². The van der Waals surface area contributed by atoms with Crippen molar-refractivity contribution in [1.82, 2.24) is 10.1 Å². The van der Waals surface area contributed by atoms with E-state index in [9.17, 15) is 4.79 Å². The van der Waals surface area contributed by atoms with Crippen molar-refractivity contribution in [2.24, 2.45) is 0 Å². The Balaban J connectivity index is 1.57. The number of benzene rings is 2. The van der Waals surface area contributed by atoms with Gasteiger partial charge in [0.1, 0.15) is 4.88 Å². The number of aryl methyl sites for hydroxylation is 1. The van der Waals surface area contributed by atoms with Crippen LogP contribution in [-0.2, 0) is 0 Å². The summed E-state index contributed by atoms with van der Waals surface area (Å²) in [6.07, 6.45) is 0. The monoisotopic (exact) mass is 421 g/mol. The van der Waals surface area contributed by atoms with Crippen LogP contribution in [0.1, 0.15) is 15.9 Å². The Morgan fingerprint density at radius 3 is 2.53 bits per heavy atom. The van der Waals surface area contributed by atoms with Crippen molar-refractivity contribution in [3.05, 3.63) is 65.0 Å². The number of anilines is 1. The number of amides is 1. The lowest BCUT2D eigenvalue weighted by atomic mass is 10.1. The Kier molecular flexibility index (Phi) is 5.49. The van der Waals surface area contributed by atoms with Crippen molar-refractivity contribution >= 4 is 22.9 Å². The molecule has 0 aliphatic carbocycles. The zero-order chi connectivity index (χ0) is 21.1. The molecule has 1 amide bonds. The number of thiophene rings is 1. The van der Waals surface area contributed by atoms with Crippen molar-refractivity contribution < 1.29 is 18.8 Å². The van der Waals surface area contributed by atoms with E-state index in [-0.39, 0.29) is 5.91 Å². The molecular weight excluding hydrogens is 402 g/mol. The van der Waals surface area contributed by atoms with Gasteiger partial charge in [0.15, 0.2) is 11.5 Å². The molecule has 2 heterocycles. The summed E-state index contributed by atoms with van der Waals surface area (Å²) >= 11 is 1.41. The molecule has 0 spiro atoms. The van der Waals surface area contributed by atoms with Crippen molar-refractivity contribution in [3.63, 3.8) is 0 Å². The van der Waals surface area contributed by atoms with E-state index < -0.39 is 0 Å². The fourth-order valence-electron chi connectivity index (χ4n) is 2.88. The van der Waals surface area contributed by atoms with Gasteiger partial charge >= 0.3 is 0 Å². The predicted octanol–water partition coefficient (Wildman–Crippen LogP) is 5.04. The third-order valence-corrected chi connectivity index (χ3v) is 5.39. The summed E-state index contributed by atoms with van der Waals surface area (Å²) in [6.45, 7) is 2.02. The number of carbonyl (C=O) groups excluding carboxylic acids is 1. The van der Waals surface area contributed by atoms with Crippen molar-refractivity contribution in [3.8, 4) is 33.7 Å². The summed E-state index contributed by atoms with van der Waals surface area (Å²) in [4.78, 5) is 17.9. The summed E-state index contributed by atoms with van der Waals surface area (Å²) in [5.41, 5.74) is 3.05. The fraction of sp³-hybridized carbons (Fsp3) is 0.136. The third-order valence-electron chi connectivity index (χ3n) is 4.49. The first-order chi connectivity index (χ1) is 14.6. The van der Waals surface area contributed by atoms with Crippen LogP contribution in [0.4, 0.5) is 5.69 Å². The van der Waals surface area contributed by atoms with Gasteiger partial charge in [-0.3, -0.25) is 4.79 Å². The van der Waals surface area contributed by atoms with Crippen LogP contribution in [-0.4, -0.2) is 30.3 Å². The lowest BCUT2D eigenvalue weighted by Gasteiger charge is -2.10. The standard InChI is InChI=1S/C22H19N3O4S/c1-13-4-6-14(7-5-13)20-24-22(29-25-20)19-16(10-11-30-19)23-21(26)15-8-9-17(27-2)18(12-15)28-3/h4-12H,1-3H3,(H,23,26). The van der Waals surface area contributed by atoms with Crippen LogP contribution in [0.15, 0.2) is 58.4 Å². The maximum Gasteiger partial charge on any atom is 0.270 e. The third kappa shape index (κ3) is 3.90. The first-order valence-electron chi connectivity index (χ1n) is 9.11. The molecule has 8 heteroatoms. The van der Waals surface area contributed by atoms with Gasteiger partial charge in [-0.15, -0.1) is 11.3 Å². The van der Waals surface area contributed by atoms with Crippen LogP contribution in [0, 0.1) is 6.92 Å². The first kappa shape index (κ1) is 19.7. The van der Waals surface area contributed by atoms with Crippen molar-refractivity contribution in [2.75, 3.05) is 19.5 Å². The highest BCUT2D eigenvalue weighted by Gasteiger charge is 2.18.